The van der Waals surface area contributed by atoms with E-state index in [2.05, 4.69) is 29.6 Å². The summed E-state index contributed by atoms with van der Waals surface area (Å²) in [5.74, 6) is 0.115. The first-order chi connectivity index (χ1) is 10.7. The van der Waals surface area contributed by atoms with Gasteiger partial charge < -0.3 is 11.1 Å². The van der Waals surface area contributed by atoms with Gasteiger partial charge in [0.05, 0.1) is 0 Å². The Hall–Kier alpha value is -2.13. The number of carbonyl (C=O) groups is 1. The summed E-state index contributed by atoms with van der Waals surface area (Å²) in [6, 6.07) is 20.7. The lowest BCUT2D eigenvalue weighted by molar-refractivity contribution is -0.119. The van der Waals surface area contributed by atoms with Crippen LogP contribution in [0.2, 0.25) is 0 Å². The number of benzene rings is 2. The molecule has 1 heterocycles. The van der Waals surface area contributed by atoms with E-state index in [0.29, 0.717) is 12.3 Å². The Morgan fingerprint density at radius 2 is 1.59 bits per heavy atom. The standard InChI is InChI=1S/C19H22N2O/c20-18(22)13-19(17-11-12-21-14-17,15-7-3-1-4-8-15)16-9-5-2-6-10-16/h1-10,17,21H,11-14H2,(H2,20,22)/t17-/m0/s1. The minimum Gasteiger partial charge on any atom is -0.370 e. The number of nitrogens with two attached hydrogens (primary N) is 1. The average molecular weight is 294 g/mol. The Balaban J connectivity index is 2.19. The van der Waals surface area contributed by atoms with E-state index < -0.39 is 0 Å². The smallest absolute Gasteiger partial charge is 0.218 e. The molecule has 0 spiro atoms. The minimum absolute atomic E-state index is 0.250. The van der Waals surface area contributed by atoms with Crippen LogP contribution in [0, 0.1) is 5.92 Å². The molecule has 3 N–H and O–H groups in total. The molecule has 1 atom stereocenters. The van der Waals surface area contributed by atoms with Crippen LogP contribution in [0.25, 0.3) is 0 Å². The molecule has 0 bridgehead atoms. The van der Waals surface area contributed by atoms with Crippen LogP contribution in [-0.2, 0) is 10.2 Å². The summed E-state index contributed by atoms with van der Waals surface area (Å²) in [5, 5.41) is 3.44. The quantitative estimate of drug-likeness (QED) is 0.890. The van der Waals surface area contributed by atoms with Gasteiger partial charge in [0.2, 0.25) is 5.91 Å². The van der Waals surface area contributed by atoms with Crippen molar-refractivity contribution in [3.8, 4) is 0 Å². The zero-order valence-electron chi connectivity index (χ0n) is 12.7. The fraction of sp³-hybridized carbons (Fsp3) is 0.316. The third-order valence-corrected chi connectivity index (χ3v) is 4.79. The summed E-state index contributed by atoms with van der Waals surface area (Å²) in [7, 11) is 0. The molecule has 0 unspecified atom stereocenters. The maximum absolute atomic E-state index is 11.9. The first-order valence-electron chi connectivity index (χ1n) is 7.83. The predicted molar refractivity (Wildman–Crippen MR) is 88.5 cm³/mol. The number of carbonyl (C=O) groups excluding carboxylic acids is 1. The van der Waals surface area contributed by atoms with Gasteiger partial charge in [-0.3, -0.25) is 4.79 Å². The highest BCUT2D eigenvalue weighted by Gasteiger charge is 2.44. The van der Waals surface area contributed by atoms with E-state index in [1.807, 2.05) is 36.4 Å². The van der Waals surface area contributed by atoms with Crippen LogP contribution in [0.5, 0.6) is 0 Å². The van der Waals surface area contributed by atoms with Crippen molar-refractivity contribution in [1.82, 2.24) is 5.32 Å². The Bertz CT molecular complexity index is 579. The van der Waals surface area contributed by atoms with E-state index >= 15 is 0 Å². The van der Waals surface area contributed by atoms with E-state index in [-0.39, 0.29) is 11.3 Å². The SMILES string of the molecule is NC(=O)CC(c1ccccc1)(c1ccccc1)[C@H]1CCNC1. The van der Waals surface area contributed by atoms with Gasteiger partial charge in [0, 0.05) is 11.8 Å². The molecule has 3 nitrogen and oxygen atoms in total. The van der Waals surface area contributed by atoms with Crippen LogP contribution in [0.1, 0.15) is 24.0 Å². The first kappa shape index (κ1) is 14.8. The number of hydrogen-bond donors (Lipinski definition) is 2. The number of nitrogens with one attached hydrogen (secondary N) is 1. The second-order valence-electron chi connectivity index (χ2n) is 6.04. The van der Waals surface area contributed by atoms with Crippen molar-refractivity contribution >= 4 is 5.91 Å². The van der Waals surface area contributed by atoms with Gasteiger partial charge in [0.15, 0.2) is 0 Å². The number of rotatable bonds is 5. The molecule has 0 saturated carbocycles. The summed E-state index contributed by atoms with van der Waals surface area (Å²) in [5.41, 5.74) is 7.66. The van der Waals surface area contributed by atoms with Crippen LogP contribution in [-0.4, -0.2) is 19.0 Å². The van der Waals surface area contributed by atoms with Crippen molar-refractivity contribution in [3.05, 3.63) is 71.8 Å². The third kappa shape index (κ3) is 2.64. The molecule has 22 heavy (non-hydrogen) atoms. The van der Waals surface area contributed by atoms with Gasteiger partial charge >= 0.3 is 0 Å². The molecule has 0 aliphatic carbocycles. The topological polar surface area (TPSA) is 55.1 Å². The highest BCUT2D eigenvalue weighted by molar-refractivity contribution is 5.77. The lowest BCUT2D eigenvalue weighted by Gasteiger charge is -2.39. The molecular weight excluding hydrogens is 272 g/mol. The maximum Gasteiger partial charge on any atom is 0.218 e. The molecule has 1 fully saturated rings. The third-order valence-electron chi connectivity index (χ3n) is 4.79. The van der Waals surface area contributed by atoms with Crippen LogP contribution < -0.4 is 11.1 Å². The molecule has 114 valence electrons. The number of hydrogen-bond acceptors (Lipinski definition) is 2. The van der Waals surface area contributed by atoms with E-state index in [1.165, 1.54) is 11.1 Å². The Morgan fingerprint density at radius 1 is 1.05 bits per heavy atom. The molecule has 0 aromatic heterocycles. The van der Waals surface area contributed by atoms with Crippen LogP contribution >= 0.6 is 0 Å². The molecule has 3 heteroatoms. The van der Waals surface area contributed by atoms with Crippen LogP contribution in [0.3, 0.4) is 0 Å². The van der Waals surface area contributed by atoms with Crippen molar-refractivity contribution in [2.75, 3.05) is 13.1 Å². The Labute approximate surface area is 131 Å². The lowest BCUT2D eigenvalue weighted by Crippen LogP contribution is -2.41. The van der Waals surface area contributed by atoms with Gasteiger partial charge in [-0.1, -0.05) is 60.7 Å². The van der Waals surface area contributed by atoms with Crippen molar-refractivity contribution < 1.29 is 4.79 Å². The van der Waals surface area contributed by atoms with Crippen molar-refractivity contribution in [2.24, 2.45) is 11.7 Å². The normalized spacial score (nSPS) is 18.3. The van der Waals surface area contributed by atoms with Crippen molar-refractivity contribution in [3.63, 3.8) is 0 Å². The van der Waals surface area contributed by atoms with Crippen molar-refractivity contribution in [1.29, 1.82) is 0 Å². The molecule has 3 rings (SSSR count). The zero-order valence-corrected chi connectivity index (χ0v) is 12.7. The molecule has 1 saturated heterocycles. The molecule has 1 aliphatic rings. The summed E-state index contributed by atoms with van der Waals surface area (Å²) >= 11 is 0. The summed E-state index contributed by atoms with van der Waals surface area (Å²) in [6.45, 7) is 1.90. The fourth-order valence-electron chi connectivity index (χ4n) is 3.81. The predicted octanol–water partition coefficient (Wildman–Crippen LogP) is 2.46. The van der Waals surface area contributed by atoms with Gasteiger partial charge in [-0.2, -0.15) is 0 Å². The summed E-state index contributed by atoms with van der Waals surface area (Å²) in [4.78, 5) is 11.9. The van der Waals surface area contributed by atoms with E-state index in [0.717, 1.165) is 19.5 Å². The minimum atomic E-state index is -0.349. The van der Waals surface area contributed by atoms with Crippen molar-refractivity contribution in [2.45, 2.75) is 18.3 Å². The molecule has 1 aliphatic heterocycles. The van der Waals surface area contributed by atoms with E-state index in [9.17, 15) is 4.79 Å². The van der Waals surface area contributed by atoms with Gasteiger partial charge in [0.1, 0.15) is 0 Å². The largest absolute Gasteiger partial charge is 0.370 e. The number of amides is 1. The first-order valence-corrected chi connectivity index (χ1v) is 7.83. The van der Waals surface area contributed by atoms with E-state index in [4.69, 9.17) is 5.73 Å². The second kappa shape index (κ2) is 6.32. The average Bonchev–Trinajstić information content (AvgIpc) is 3.09. The van der Waals surface area contributed by atoms with Gasteiger partial charge in [0.25, 0.3) is 0 Å². The Kier molecular flexibility index (Phi) is 4.25. The highest BCUT2D eigenvalue weighted by atomic mass is 16.1. The highest BCUT2D eigenvalue weighted by Crippen LogP contribution is 2.44. The second-order valence-corrected chi connectivity index (χ2v) is 6.04. The van der Waals surface area contributed by atoms with Gasteiger partial charge in [-0.25, -0.2) is 0 Å². The molecular formula is C19H22N2O. The fourth-order valence-corrected chi connectivity index (χ4v) is 3.81. The zero-order chi connectivity index (χ0) is 15.4. The van der Waals surface area contributed by atoms with Crippen LogP contribution in [0.15, 0.2) is 60.7 Å². The summed E-state index contributed by atoms with van der Waals surface area (Å²) < 4.78 is 0. The molecule has 1 amide bonds. The van der Waals surface area contributed by atoms with Crippen LogP contribution in [0.4, 0.5) is 0 Å². The Morgan fingerprint density at radius 3 is 2.00 bits per heavy atom. The maximum atomic E-state index is 11.9. The van der Waals surface area contributed by atoms with Gasteiger partial charge in [-0.05, 0) is 36.6 Å². The number of primary amides is 1. The lowest BCUT2D eigenvalue weighted by atomic mass is 9.63. The summed E-state index contributed by atoms with van der Waals surface area (Å²) in [6.07, 6.45) is 1.39. The molecule has 2 aromatic rings. The monoisotopic (exact) mass is 294 g/mol. The van der Waals surface area contributed by atoms with Gasteiger partial charge in [-0.15, -0.1) is 0 Å². The van der Waals surface area contributed by atoms with E-state index in [1.54, 1.807) is 0 Å². The molecule has 2 aromatic carbocycles. The molecule has 0 radical (unpaired) electrons.